The van der Waals surface area contributed by atoms with E-state index in [1.807, 2.05) is 12.1 Å². The first-order chi connectivity index (χ1) is 10.2. The maximum absolute atomic E-state index is 12.3. The maximum Gasteiger partial charge on any atom is 0.331 e. The van der Waals surface area contributed by atoms with Crippen molar-refractivity contribution in [3.05, 3.63) is 68.5 Å². The summed E-state index contributed by atoms with van der Waals surface area (Å²) in [5.74, 6) is 0. The van der Waals surface area contributed by atoms with Crippen LogP contribution < -0.4 is 17.0 Å². The highest BCUT2D eigenvalue weighted by molar-refractivity contribution is 5.22. The van der Waals surface area contributed by atoms with Gasteiger partial charge in [-0.2, -0.15) is 0 Å². The Kier molecular flexibility index (Phi) is 5.11. The van der Waals surface area contributed by atoms with Crippen molar-refractivity contribution >= 4 is 0 Å². The first-order valence-electron chi connectivity index (χ1n) is 7.24. The summed E-state index contributed by atoms with van der Waals surface area (Å²) in [4.78, 5) is 24.1. The highest BCUT2D eigenvalue weighted by atomic mass is 16.2. The molecule has 1 aromatic heterocycles. The van der Waals surface area contributed by atoms with Crippen LogP contribution >= 0.6 is 0 Å². The lowest BCUT2D eigenvalue weighted by atomic mass is 10.1. The van der Waals surface area contributed by atoms with Gasteiger partial charge < -0.3 is 5.73 Å². The lowest BCUT2D eigenvalue weighted by molar-refractivity contribution is 0.554. The van der Waals surface area contributed by atoms with Crippen molar-refractivity contribution in [2.75, 3.05) is 6.54 Å². The number of hydrogen-bond donors (Lipinski definition) is 1. The SMILES string of the molecule is CCc1ccc(Cn2ccc(=O)n(CCCN)c2=O)cc1. The molecular formula is C16H21N3O2. The Balaban J connectivity index is 2.27. The lowest BCUT2D eigenvalue weighted by Gasteiger charge is -2.10. The largest absolute Gasteiger partial charge is 0.331 e. The average Bonchev–Trinajstić information content (AvgIpc) is 2.51. The number of aromatic nitrogens is 2. The summed E-state index contributed by atoms with van der Waals surface area (Å²) < 4.78 is 2.80. The summed E-state index contributed by atoms with van der Waals surface area (Å²) in [6, 6.07) is 9.58. The van der Waals surface area contributed by atoms with Crippen LogP contribution in [-0.2, 0) is 19.5 Å². The van der Waals surface area contributed by atoms with E-state index in [0.717, 1.165) is 12.0 Å². The molecule has 0 amide bonds. The molecule has 0 fully saturated rings. The van der Waals surface area contributed by atoms with Gasteiger partial charge in [0.2, 0.25) is 0 Å². The highest BCUT2D eigenvalue weighted by Gasteiger charge is 2.05. The zero-order valence-electron chi connectivity index (χ0n) is 12.3. The molecule has 0 saturated heterocycles. The minimum absolute atomic E-state index is 0.272. The second-order valence-electron chi connectivity index (χ2n) is 5.03. The smallest absolute Gasteiger partial charge is 0.330 e. The van der Waals surface area contributed by atoms with Crippen LogP contribution in [0.15, 0.2) is 46.1 Å². The first kappa shape index (κ1) is 15.3. The van der Waals surface area contributed by atoms with Crippen molar-refractivity contribution in [3.63, 3.8) is 0 Å². The molecule has 0 radical (unpaired) electrons. The predicted octanol–water partition coefficient (Wildman–Crippen LogP) is 0.969. The average molecular weight is 287 g/mol. The minimum atomic E-state index is -0.282. The van der Waals surface area contributed by atoms with Crippen molar-refractivity contribution in [3.8, 4) is 0 Å². The molecule has 2 rings (SSSR count). The quantitative estimate of drug-likeness (QED) is 0.860. The number of hydrogen-bond acceptors (Lipinski definition) is 3. The Hall–Kier alpha value is -2.14. The molecule has 0 spiro atoms. The summed E-state index contributed by atoms with van der Waals surface area (Å²) in [5, 5.41) is 0. The van der Waals surface area contributed by atoms with Crippen LogP contribution in [0.3, 0.4) is 0 Å². The topological polar surface area (TPSA) is 70.0 Å². The summed E-state index contributed by atoms with van der Waals surface area (Å²) in [7, 11) is 0. The molecule has 1 heterocycles. The van der Waals surface area contributed by atoms with Crippen LogP contribution in [0.2, 0.25) is 0 Å². The fourth-order valence-electron chi connectivity index (χ4n) is 2.21. The molecule has 0 saturated carbocycles. The van der Waals surface area contributed by atoms with Crippen molar-refractivity contribution in [2.45, 2.75) is 32.9 Å². The van der Waals surface area contributed by atoms with E-state index in [9.17, 15) is 9.59 Å². The molecule has 5 heteroatoms. The van der Waals surface area contributed by atoms with E-state index in [4.69, 9.17) is 5.73 Å². The number of nitrogens with two attached hydrogens (primary N) is 1. The summed E-state index contributed by atoms with van der Waals surface area (Å²) in [6.07, 6.45) is 3.16. The molecule has 112 valence electrons. The van der Waals surface area contributed by atoms with Crippen LogP contribution in [0.25, 0.3) is 0 Å². The lowest BCUT2D eigenvalue weighted by Crippen LogP contribution is -2.39. The zero-order chi connectivity index (χ0) is 15.2. The van der Waals surface area contributed by atoms with Gasteiger partial charge >= 0.3 is 5.69 Å². The fourth-order valence-corrected chi connectivity index (χ4v) is 2.21. The Morgan fingerprint density at radius 3 is 2.33 bits per heavy atom. The van der Waals surface area contributed by atoms with Gasteiger partial charge in [-0.15, -0.1) is 0 Å². The third-order valence-corrected chi connectivity index (χ3v) is 3.51. The normalized spacial score (nSPS) is 10.8. The number of benzene rings is 1. The first-order valence-corrected chi connectivity index (χ1v) is 7.24. The van der Waals surface area contributed by atoms with E-state index in [1.165, 1.54) is 16.2 Å². The zero-order valence-corrected chi connectivity index (χ0v) is 12.3. The van der Waals surface area contributed by atoms with Crippen molar-refractivity contribution in [1.29, 1.82) is 0 Å². The second kappa shape index (κ2) is 7.04. The van der Waals surface area contributed by atoms with Gasteiger partial charge in [-0.3, -0.25) is 13.9 Å². The molecule has 0 aliphatic rings. The van der Waals surface area contributed by atoms with Crippen LogP contribution in [0, 0.1) is 0 Å². The van der Waals surface area contributed by atoms with E-state index < -0.39 is 0 Å². The fraction of sp³-hybridized carbons (Fsp3) is 0.375. The van der Waals surface area contributed by atoms with Gasteiger partial charge in [0.15, 0.2) is 0 Å². The van der Waals surface area contributed by atoms with Gasteiger partial charge in [-0.25, -0.2) is 4.79 Å². The molecule has 0 aliphatic carbocycles. The molecule has 21 heavy (non-hydrogen) atoms. The van der Waals surface area contributed by atoms with E-state index in [2.05, 4.69) is 19.1 Å². The Labute approximate surface area is 123 Å². The second-order valence-corrected chi connectivity index (χ2v) is 5.03. The molecule has 0 aliphatic heterocycles. The Morgan fingerprint density at radius 1 is 1.05 bits per heavy atom. The third kappa shape index (κ3) is 3.70. The van der Waals surface area contributed by atoms with Crippen LogP contribution in [-0.4, -0.2) is 15.7 Å². The molecule has 2 aromatic rings. The minimum Gasteiger partial charge on any atom is -0.330 e. The predicted molar refractivity (Wildman–Crippen MR) is 83.6 cm³/mol. The molecule has 0 unspecified atom stereocenters. The molecular weight excluding hydrogens is 266 g/mol. The molecule has 0 bridgehead atoms. The Morgan fingerprint density at radius 2 is 1.71 bits per heavy atom. The monoisotopic (exact) mass is 287 g/mol. The van der Waals surface area contributed by atoms with E-state index in [1.54, 1.807) is 10.8 Å². The van der Waals surface area contributed by atoms with Gasteiger partial charge in [-0.1, -0.05) is 31.2 Å². The van der Waals surface area contributed by atoms with Gasteiger partial charge in [0.05, 0.1) is 6.54 Å². The van der Waals surface area contributed by atoms with Crippen molar-refractivity contribution < 1.29 is 0 Å². The van der Waals surface area contributed by atoms with Crippen LogP contribution in [0.4, 0.5) is 0 Å². The highest BCUT2D eigenvalue weighted by Crippen LogP contribution is 2.05. The van der Waals surface area contributed by atoms with Gasteiger partial charge in [-0.05, 0) is 30.5 Å². The number of rotatable bonds is 6. The van der Waals surface area contributed by atoms with Gasteiger partial charge in [0, 0.05) is 18.8 Å². The van der Waals surface area contributed by atoms with Crippen molar-refractivity contribution in [1.82, 2.24) is 9.13 Å². The summed E-state index contributed by atoms with van der Waals surface area (Å²) in [6.45, 7) is 3.39. The maximum atomic E-state index is 12.3. The van der Waals surface area contributed by atoms with Crippen LogP contribution in [0.1, 0.15) is 24.5 Å². The molecule has 5 nitrogen and oxygen atoms in total. The number of nitrogens with zero attached hydrogens (tertiary/aromatic N) is 2. The van der Waals surface area contributed by atoms with Crippen molar-refractivity contribution in [2.24, 2.45) is 5.73 Å². The summed E-state index contributed by atoms with van der Waals surface area (Å²) in [5.41, 5.74) is 7.19. The van der Waals surface area contributed by atoms with E-state index >= 15 is 0 Å². The number of aryl methyl sites for hydroxylation is 1. The molecule has 0 atom stereocenters. The summed E-state index contributed by atoms with van der Waals surface area (Å²) >= 11 is 0. The van der Waals surface area contributed by atoms with E-state index in [0.29, 0.717) is 26.1 Å². The van der Waals surface area contributed by atoms with Gasteiger partial charge in [0.1, 0.15) is 0 Å². The van der Waals surface area contributed by atoms with Crippen LogP contribution in [0.5, 0.6) is 0 Å². The van der Waals surface area contributed by atoms with E-state index in [-0.39, 0.29) is 11.2 Å². The molecule has 2 N–H and O–H groups in total. The molecule has 1 aromatic carbocycles. The van der Waals surface area contributed by atoms with Gasteiger partial charge in [0.25, 0.3) is 5.56 Å². The Bertz CT molecular complexity index is 699. The standard InChI is InChI=1S/C16H21N3O2/c1-2-13-4-6-14(7-5-13)12-18-11-8-15(20)19(16(18)21)10-3-9-17/h4-8,11H,2-3,9-10,12,17H2,1H3. The third-order valence-electron chi connectivity index (χ3n) is 3.51.